The van der Waals surface area contributed by atoms with Crippen molar-refractivity contribution in [1.82, 2.24) is 0 Å². The Kier molecular flexibility index (Phi) is 5.47. The molecule has 0 saturated heterocycles. The summed E-state index contributed by atoms with van der Waals surface area (Å²) in [5.41, 5.74) is -1.75. The van der Waals surface area contributed by atoms with E-state index < -0.39 is 30.1 Å². The predicted octanol–water partition coefficient (Wildman–Crippen LogP) is 1.55. The molecule has 0 amide bonds. The molecule has 0 aliphatic carbocycles. The zero-order valence-corrected chi connectivity index (χ0v) is 8.72. The fourth-order valence-corrected chi connectivity index (χ4v) is 0.913. The van der Waals surface area contributed by atoms with E-state index in [4.69, 9.17) is 10.0 Å². The highest BCUT2D eigenvalue weighted by Gasteiger charge is 2.32. The molecule has 0 fully saturated rings. The second kappa shape index (κ2) is 5.86. The molecule has 0 aromatic heterocycles. The largest absolute Gasteiger partial charge is 0.491 e. The van der Waals surface area contributed by atoms with Crippen LogP contribution in [0.4, 0.5) is 17.6 Å². The van der Waals surface area contributed by atoms with Gasteiger partial charge in [0.05, 0.1) is 5.56 Å². The molecule has 0 aliphatic rings. The smallest absolute Gasteiger partial charge is 0.423 e. The average molecular weight is 238 g/mol. The van der Waals surface area contributed by atoms with E-state index in [0.29, 0.717) is 12.1 Å². The summed E-state index contributed by atoms with van der Waals surface area (Å²) in [5.74, 6) is -1.30. The molecule has 1 aromatic rings. The van der Waals surface area contributed by atoms with E-state index in [-0.39, 0.29) is 6.07 Å². The summed E-state index contributed by atoms with van der Waals surface area (Å²) in [7, 11) is -2.11. The third-order valence-electron chi connectivity index (χ3n) is 1.61. The lowest BCUT2D eigenvalue weighted by molar-refractivity contribution is -0.137. The number of benzene rings is 1. The van der Waals surface area contributed by atoms with Gasteiger partial charge < -0.3 is 10.0 Å². The minimum atomic E-state index is -4.64. The first-order valence-corrected chi connectivity index (χ1v) is 4.55. The van der Waals surface area contributed by atoms with Crippen LogP contribution in [0.1, 0.15) is 19.4 Å². The highest BCUT2D eigenvalue weighted by molar-refractivity contribution is 6.58. The summed E-state index contributed by atoms with van der Waals surface area (Å²) in [6.07, 6.45) is -4.64. The quantitative estimate of drug-likeness (QED) is 0.575. The molecule has 16 heavy (non-hydrogen) atoms. The van der Waals surface area contributed by atoms with Crippen molar-refractivity contribution in [3.63, 3.8) is 0 Å². The Morgan fingerprint density at radius 1 is 1.12 bits per heavy atom. The Labute approximate surface area is 90.7 Å². The molecule has 1 aromatic carbocycles. The average Bonchev–Trinajstić information content (AvgIpc) is 2.18. The summed E-state index contributed by atoms with van der Waals surface area (Å²) in [6.45, 7) is 4.00. The minimum absolute atomic E-state index is 0.217. The Hall–Kier alpha value is -1.08. The van der Waals surface area contributed by atoms with Gasteiger partial charge in [0.1, 0.15) is 5.82 Å². The Morgan fingerprint density at radius 3 is 1.94 bits per heavy atom. The van der Waals surface area contributed by atoms with Crippen LogP contribution in [0.3, 0.4) is 0 Å². The zero-order chi connectivity index (χ0) is 12.9. The third-order valence-corrected chi connectivity index (χ3v) is 1.61. The normalized spacial score (nSPS) is 10.5. The lowest BCUT2D eigenvalue weighted by atomic mass is 9.79. The third kappa shape index (κ3) is 3.82. The Balaban J connectivity index is 0.00000106. The van der Waals surface area contributed by atoms with Crippen molar-refractivity contribution in [2.45, 2.75) is 20.0 Å². The van der Waals surface area contributed by atoms with Crippen molar-refractivity contribution >= 4 is 12.6 Å². The van der Waals surface area contributed by atoms with Crippen molar-refractivity contribution in [2.24, 2.45) is 0 Å². The van der Waals surface area contributed by atoms with Crippen LogP contribution in [-0.2, 0) is 6.18 Å². The molecule has 2 nitrogen and oxygen atoms in total. The lowest BCUT2D eigenvalue weighted by Gasteiger charge is -2.08. The predicted molar refractivity (Wildman–Crippen MR) is 52.6 cm³/mol. The lowest BCUT2D eigenvalue weighted by Crippen LogP contribution is -2.33. The van der Waals surface area contributed by atoms with Gasteiger partial charge >= 0.3 is 13.3 Å². The van der Waals surface area contributed by atoms with Crippen LogP contribution in [-0.4, -0.2) is 17.2 Å². The molecule has 0 unspecified atom stereocenters. The molecule has 2 N–H and O–H groups in total. The van der Waals surface area contributed by atoms with Crippen LogP contribution in [0.5, 0.6) is 0 Å². The minimum Gasteiger partial charge on any atom is -0.423 e. The van der Waals surface area contributed by atoms with Crippen molar-refractivity contribution in [1.29, 1.82) is 0 Å². The molecule has 0 atom stereocenters. The monoisotopic (exact) mass is 238 g/mol. The van der Waals surface area contributed by atoms with Crippen LogP contribution in [0.15, 0.2) is 18.2 Å². The van der Waals surface area contributed by atoms with Gasteiger partial charge in [-0.05, 0) is 6.07 Å². The van der Waals surface area contributed by atoms with E-state index >= 15 is 0 Å². The maximum Gasteiger partial charge on any atom is 0.491 e. The molecule has 0 radical (unpaired) electrons. The number of halogens is 4. The van der Waals surface area contributed by atoms with Gasteiger partial charge in [-0.1, -0.05) is 26.0 Å². The second-order valence-electron chi connectivity index (χ2n) is 2.61. The molecule has 1 rings (SSSR count). The van der Waals surface area contributed by atoms with E-state index in [2.05, 4.69) is 0 Å². The van der Waals surface area contributed by atoms with Crippen molar-refractivity contribution in [2.75, 3.05) is 0 Å². The van der Waals surface area contributed by atoms with Gasteiger partial charge in [0.15, 0.2) is 0 Å². The molecule has 0 aliphatic heterocycles. The molecule has 90 valence electrons. The van der Waals surface area contributed by atoms with Crippen LogP contribution >= 0.6 is 0 Å². The molecule has 0 heterocycles. The fourth-order valence-electron chi connectivity index (χ4n) is 0.913. The van der Waals surface area contributed by atoms with Crippen LogP contribution in [0.25, 0.3) is 0 Å². The van der Waals surface area contributed by atoms with E-state index in [1.54, 1.807) is 0 Å². The van der Waals surface area contributed by atoms with Gasteiger partial charge in [0, 0.05) is 5.46 Å². The highest BCUT2D eigenvalue weighted by atomic mass is 19.4. The van der Waals surface area contributed by atoms with E-state index in [1.807, 2.05) is 13.8 Å². The first-order chi connectivity index (χ1) is 7.32. The molecule has 0 saturated carbocycles. The van der Waals surface area contributed by atoms with Crippen molar-refractivity contribution < 1.29 is 27.6 Å². The van der Waals surface area contributed by atoms with Gasteiger partial charge in [-0.3, -0.25) is 0 Å². The Morgan fingerprint density at radius 2 is 1.62 bits per heavy atom. The number of hydrogen-bond donors (Lipinski definition) is 2. The molecular formula is C9H11BF4O2. The van der Waals surface area contributed by atoms with Crippen LogP contribution in [0.2, 0.25) is 0 Å². The van der Waals surface area contributed by atoms with E-state index in [9.17, 15) is 17.6 Å². The maximum absolute atomic E-state index is 12.8. The standard InChI is InChI=1S/C7H5BF4O2.C2H6/c9-6-3-4(7(10,11)12)1-2-5(6)8(13)14;1-2/h1-3,13-14H;1-2H3. The van der Waals surface area contributed by atoms with Crippen LogP contribution < -0.4 is 5.46 Å². The first-order valence-electron chi connectivity index (χ1n) is 4.55. The Bertz CT molecular complexity index is 339. The number of alkyl halides is 3. The summed E-state index contributed by atoms with van der Waals surface area (Å²) < 4.78 is 48.8. The summed E-state index contributed by atoms with van der Waals surface area (Å²) in [5, 5.41) is 17.1. The first kappa shape index (κ1) is 14.9. The number of hydrogen-bond acceptors (Lipinski definition) is 2. The van der Waals surface area contributed by atoms with Crippen molar-refractivity contribution in [3.8, 4) is 0 Å². The summed E-state index contributed by atoms with van der Waals surface area (Å²) >= 11 is 0. The summed E-state index contributed by atoms with van der Waals surface area (Å²) in [6, 6.07) is 1.48. The molecule has 7 heteroatoms. The topological polar surface area (TPSA) is 40.5 Å². The zero-order valence-electron chi connectivity index (χ0n) is 8.72. The molecule has 0 spiro atoms. The maximum atomic E-state index is 12.8. The molecule has 0 bridgehead atoms. The fraction of sp³-hybridized carbons (Fsp3) is 0.333. The second-order valence-corrected chi connectivity index (χ2v) is 2.61. The highest BCUT2D eigenvalue weighted by Crippen LogP contribution is 2.28. The van der Waals surface area contributed by atoms with Gasteiger partial charge in [0.25, 0.3) is 0 Å². The molecular weight excluding hydrogens is 227 g/mol. The SMILES string of the molecule is CC.OB(O)c1ccc(C(F)(F)F)cc1F. The van der Waals surface area contributed by atoms with Gasteiger partial charge in [-0.2, -0.15) is 13.2 Å². The van der Waals surface area contributed by atoms with E-state index in [0.717, 1.165) is 0 Å². The van der Waals surface area contributed by atoms with Gasteiger partial charge in [-0.15, -0.1) is 0 Å². The van der Waals surface area contributed by atoms with Crippen molar-refractivity contribution in [3.05, 3.63) is 29.6 Å². The van der Waals surface area contributed by atoms with Crippen LogP contribution in [0, 0.1) is 5.82 Å². The van der Waals surface area contributed by atoms with Gasteiger partial charge in [0.2, 0.25) is 0 Å². The van der Waals surface area contributed by atoms with E-state index in [1.165, 1.54) is 0 Å². The number of rotatable bonds is 1. The summed E-state index contributed by atoms with van der Waals surface area (Å²) in [4.78, 5) is 0. The van der Waals surface area contributed by atoms with Gasteiger partial charge in [-0.25, -0.2) is 4.39 Å².